The molecule has 0 fully saturated rings. The number of benzene rings is 1. The number of anilines is 1. The van der Waals surface area contributed by atoms with Crippen LogP contribution in [0.15, 0.2) is 24.3 Å². The quantitative estimate of drug-likeness (QED) is 0.745. The van der Waals surface area contributed by atoms with Gasteiger partial charge in [0, 0.05) is 12.1 Å². The number of aliphatic carboxylic acids is 1. The molecule has 2 atom stereocenters. The summed E-state index contributed by atoms with van der Waals surface area (Å²) < 4.78 is 1.73. The molecule has 1 N–H and O–H groups in total. The lowest BCUT2D eigenvalue weighted by Gasteiger charge is -2.17. The van der Waals surface area contributed by atoms with Crippen LogP contribution in [0.1, 0.15) is 19.4 Å². The monoisotopic (exact) mass is 225 g/mol. The summed E-state index contributed by atoms with van der Waals surface area (Å²) in [5.74, 6) is -0.772. The molecule has 1 aromatic rings. The summed E-state index contributed by atoms with van der Waals surface area (Å²) in [6, 6.07) is 7.32. The molecule has 1 heterocycles. The molecule has 1 aliphatic heterocycles. The zero-order valence-corrected chi connectivity index (χ0v) is 10.1. The van der Waals surface area contributed by atoms with Crippen LogP contribution >= 0.6 is 9.39 Å². The number of rotatable bonds is 1. The molecule has 0 aliphatic carbocycles. The molecule has 3 nitrogen and oxygen atoms in total. The van der Waals surface area contributed by atoms with Gasteiger partial charge in [-0.2, -0.15) is 0 Å². The Balaban J connectivity index is 0.000000531. The zero-order chi connectivity index (χ0) is 11.4. The van der Waals surface area contributed by atoms with Crippen LogP contribution in [0.3, 0.4) is 0 Å². The van der Waals surface area contributed by atoms with Gasteiger partial charge in [-0.05, 0) is 21.0 Å². The molecule has 0 saturated carbocycles. The lowest BCUT2D eigenvalue weighted by atomic mass is 10.1. The van der Waals surface area contributed by atoms with E-state index >= 15 is 0 Å². The average molecular weight is 225 g/mol. The van der Waals surface area contributed by atoms with E-state index in [4.69, 9.17) is 5.11 Å². The molecule has 0 amide bonds. The molecule has 82 valence electrons. The van der Waals surface area contributed by atoms with Gasteiger partial charge < -0.3 is 9.78 Å². The van der Waals surface area contributed by atoms with Gasteiger partial charge in [0.1, 0.15) is 6.04 Å². The van der Waals surface area contributed by atoms with E-state index in [9.17, 15) is 4.79 Å². The number of carboxylic acid groups (broad SMARTS) is 1. The predicted molar refractivity (Wildman–Crippen MR) is 65.1 cm³/mol. The maximum atomic E-state index is 10.8. The fourth-order valence-electron chi connectivity index (χ4n) is 1.62. The highest BCUT2D eigenvalue weighted by Gasteiger charge is 2.31. The Bertz CT molecular complexity index is 354. The van der Waals surface area contributed by atoms with Gasteiger partial charge in [0.05, 0.1) is 0 Å². The van der Waals surface area contributed by atoms with Crippen LogP contribution in [0.5, 0.6) is 0 Å². The van der Waals surface area contributed by atoms with E-state index in [-0.39, 0.29) is 0 Å². The topological polar surface area (TPSA) is 40.5 Å². The number of hydrogen-bond donors (Lipinski definition) is 1. The number of hydrogen-bond acceptors (Lipinski definition) is 2. The first-order valence-corrected chi connectivity index (χ1v) is 5.56. The van der Waals surface area contributed by atoms with Crippen LogP contribution in [0.2, 0.25) is 0 Å². The van der Waals surface area contributed by atoms with Crippen LogP contribution in [0, 0.1) is 0 Å². The van der Waals surface area contributed by atoms with Gasteiger partial charge in [-0.15, -0.1) is 0 Å². The fraction of sp³-hybridized carbons (Fsp3) is 0.364. The van der Waals surface area contributed by atoms with Gasteiger partial charge in [0.2, 0.25) is 0 Å². The molecule has 1 aromatic carbocycles. The number of nitrogens with zero attached hydrogens (tertiary/aromatic N) is 1. The molecule has 0 saturated heterocycles. The Kier molecular flexibility index (Phi) is 4.10. The third-order valence-electron chi connectivity index (χ3n) is 2.30. The molecule has 0 radical (unpaired) electrons. The van der Waals surface area contributed by atoms with Crippen LogP contribution in [-0.2, 0) is 11.2 Å². The minimum absolute atomic E-state index is 0.428. The highest BCUT2D eigenvalue weighted by atomic mass is 31.0. The minimum Gasteiger partial charge on any atom is -0.480 e. The number of fused-ring (bicyclic) bond motifs is 1. The van der Waals surface area contributed by atoms with E-state index in [0.717, 1.165) is 11.3 Å². The molecule has 0 aromatic heterocycles. The van der Waals surface area contributed by atoms with E-state index in [0.29, 0.717) is 6.42 Å². The molecular formula is C11H16NO2P. The zero-order valence-electron chi connectivity index (χ0n) is 8.97. The molecule has 0 bridgehead atoms. The standard InChI is InChI=1S/C9H10NO2P.C2H6/c11-9(12)8-5-6-3-1-2-4-7(6)10(8)13;1-2/h1-4,8H,5,13H2,(H,11,12);1-2H3. The van der Waals surface area contributed by atoms with Crippen molar-refractivity contribution in [3.8, 4) is 0 Å². The Hall–Kier alpha value is -1.08. The number of carbonyl (C=O) groups is 1. The maximum absolute atomic E-state index is 10.8. The molecular weight excluding hydrogens is 209 g/mol. The van der Waals surface area contributed by atoms with Gasteiger partial charge in [-0.25, -0.2) is 4.79 Å². The van der Waals surface area contributed by atoms with Gasteiger partial charge in [0.25, 0.3) is 0 Å². The van der Waals surface area contributed by atoms with Crippen molar-refractivity contribution >= 4 is 21.0 Å². The maximum Gasteiger partial charge on any atom is 0.326 e. The molecule has 2 unspecified atom stereocenters. The summed E-state index contributed by atoms with van der Waals surface area (Å²) in [6.07, 6.45) is 0.592. The SMILES string of the molecule is CC.O=C(O)C1Cc2ccccc2N1P. The van der Waals surface area contributed by atoms with Crippen molar-refractivity contribution < 1.29 is 9.90 Å². The second kappa shape index (κ2) is 5.13. The van der Waals surface area contributed by atoms with E-state index in [1.807, 2.05) is 38.1 Å². The van der Waals surface area contributed by atoms with Gasteiger partial charge in [0.15, 0.2) is 0 Å². The minimum atomic E-state index is -0.772. The Morgan fingerprint density at radius 2 is 2.07 bits per heavy atom. The third kappa shape index (κ3) is 2.29. The van der Waals surface area contributed by atoms with E-state index in [1.165, 1.54) is 0 Å². The molecule has 2 rings (SSSR count). The molecule has 1 aliphatic rings. The Labute approximate surface area is 92.4 Å². The molecule has 0 spiro atoms. The van der Waals surface area contributed by atoms with Crippen molar-refractivity contribution in [1.29, 1.82) is 0 Å². The Morgan fingerprint density at radius 3 is 2.60 bits per heavy atom. The smallest absolute Gasteiger partial charge is 0.326 e. The molecule has 4 heteroatoms. The largest absolute Gasteiger partial charge is 0.480 e. The van der Waals surface area contributed by atoms with E-state index in [1.54, 1.807) is 4.67 Å². The lowest BCUT2D eigenvalue weighted by Crippen LogP contribution is -2.31. The van der Waals surface area contributed by atoms with Crippen molar-refractivity contribution in [2.75, 3.05) is 4.67 Å². The summed E-state index contributed by atoms with van der Waals surface area (Å²) in [5, 5.41) is 8.90. The van der Waals surface area contributed by atoms with Crippen molar-refractivity contribution in [3.05, 3.63) is 29.8 Å². The van der Waals surface area contributed by atoms with Crippen LogP contribution in [-0.4, -0.2) is 17.1 Å². The summed E-state index contributed by atoms with van der Waals surface area (Å²) in [4.78, 5) is 10.8. The molecule has 15 heavy (non-hydrogen) atoms. The van der Waals surface area contributed by atoms with E-state index in [2.05, 4.69) is 9.39 Å². The number of carboxylic acids is 1. The Morgan fingerprint density at radius 1 is 1.47 bits per heavy atom. The van der Waals surface area contributed by atoms with Gasteiger partial charge >= 0.3 is 5.97 Å². The second-order valence-electron chi connectivity index (χ2n) is 3.09. The predicted octanol–water partition coefficient (Wildman–Crippen LogP) is 2.32. The first-order valence-electron chi connectivity index (χ1n) is 5.05. The summed E-state index contributed by atoms with van der Waals surface area (Å²) in [5.41, 5.74) is 2.10. The summed E-state index contributed by atoms with van der Waals surface area (Å²) in [6.45, 7) is 4.00. The van der Waals surface area contributed by atoms with Crippen LogP contribution in [0.25, 0.3) is 0 Å². The first-order chi connectivity index (χ1) is 7.20. The summed E-state index contributed by atoms with van der Waals surface area (Å²) >= 11 is 0. The van der Waals surface area contributed by atoms with Crippen LogP contribution < -0.4 is 4.67 Å². The van der Waals surface area contributed by atoms with Gasteiger partial charge in [-0.1, -0.05) is 32.0 Å². The van der Waals surface area contributed by atoms with Crippen molar-refractivity contribution in [1.82, 2.24) is 0 Å². The second-order valence-corrected chi connectivity index (χ2v) is 3.65. The first kappa shape index (κ1) is 12.0. The van der Waals surface area contributed by atoms with Crippen molar-refractivity contribution in [2.24, 2.45) is 0 Å². The highest BCUT2D eigenvalue weighted by molar-refractivity contribution is 7.19. The van der Waals surface area contributed by atoms with Crippen LogP contribution in [0.4, 0.5) is 5.69 Å². The van der Waals surface area contributed by atoms with Gasteiger partial charge in [-0.3, -0.25) is 0 Å². The van der Waals surface area contributed by atoms with Crippen molar-refractivity contribution in [2.45, 2.75) is 26.3 Å². The summed E-state index contributed by atoms with van der Waals surface area (Å²) in [7, 11) is 2.46. The lowest BCUT2D eigenvalue weighted by molar-refractivity contribution is -0.138. The van der Waals surface area contributed by atoms with E-state index < -0.39 is 12.0 Å². The fourth-order valence-corrected chi connectivity index (χ4v) is 2.10. The highest BCUT2D eigenvalue weighted by Crippen LogP contribution is 2.34. The average Bonchev–Trinajstić information content (AvgIpc) is 2.60. The number of para-hydroxylation sites is 1. The van der Waals surface area contributed by atoms with Crippen molar-refractivity contribution in [3.63, 3.8) is 0 Å². The third-order valence-corrected chi connectivity index (χ3v) is 2.94. The normalized spacial score (nSPS) is 17.8.